The summed E-state index contributed by atoms with van der Waals surface area (Å²) >= 11 is 0. The average molecular weight is 877 g/mol. The van der Waals surface area contributed by atoms with Crippen molar-refractivity contribution in [1.82, 2.24) is 40.4 Å². The van der Waals surface area contributed by atoms with Crippen LogP contribution in [0.2, 0.25) is 0 Å². The highest BCUT2D eigenvalue weighted by molar-refractivity contribution is 5.87. The van der Waals surface area contributed by atoms with Gasteiger partial charge in [0.05, 0.1) is 62.8 Å². The first-order valence-electron chi connectivity index (χ1n) is 22.3. The number of amides is 4. The summed E-state index contributed by atoms with van der Waals surface area (Å²) in [5.41, 5.74) is 5.35. The minimum Gasteiger partial charge on any atom is -0.493 e. The fraction of sp³-hybridized carbons (Fsp3) is 0.458. The van der Waals surface area contributed by atoms with Crippen molar-refractivity contribution in [3.8, 4) is 39.4 Å². The number of imidazole rings is 2. The Morgan fingerprint density at radius 3 is 2.00 bits per heavy atom. The lowest BCUT2D eigenvalue weighted by atomic mass is 10.00. The molecular weight excluding hydrogens is 817 g/mol. The molecule has 340 valence electrons. The molecule has 3 aliphatic heterocycles. The van der Waals surface area contributed by atoms with E-state index in [0.29, 0.717) is 44.4 Å². The molecule has 7 rings (SSSR count). The molecule has 16 heteroatoms. The molecule has 0 unspecified atom stereocenters. The van der Waals surface area contributed by atoms with Crippen molar-refractivity contribution < 1.29 is 38.1 Å². The maximum atomic E-state index is 14.0. The van der Waals surface area contributed by atoms with E-state index in [1.165, 1.54) is 14.2 Å². The molecule has 2 saturated heterocycles. The van der Waals surface area contributed by atoms with E-state index >= 15 is 0 Å². The molecule has 5 atom stereocenters. The number of likely N-dealkylation sites (tertiary alicyclic amines) is 2. The van der Waals surface area contributed by atoms with Crippen LogP contribution in [0.1, 0.15) is 94.4 Å². The van der Waals surface area contributed by atoms with Crippen LogP contribution >= 0.6 is 0 Å². The largest absolute Gasteiger partial charge is 0.493 e. The maximum Gasteiger partial charge on any atom is 0.407 e. The highest BCUT2D eigenvalue weighted by Gasteiger charge is 2.41. The quantitative estimate of drug-likeness (QED) is 0.108. The Labute approximate surface area is 374 Å². The number of hydrogen-bond acceptors (Lipinski definition) is 10. The van der Waals surface area contributed by atoms with Gasteiger partial charge in [0, 0.05) is 31.7 Å². The first kappa shape index (κ1) is 45.6. The van der Waals surface area contributed by atoms with Crippen LogP contribution in [0, 0.1) is 0 Å². The average Bonchev–Trinajstić information content (AvgIpc) is 4.16. The Kier molecular flexibility index (Phi) is 15.5. The van der Waals surface area contributed by atoms with Crippen LogP contribution in [0.15, 0.2) is 80.2 Å². The van der Waals surface area contributed by atoms with Crippen molar-refractivity contribution in [2.75, 3.05) is 40.5 Å². The lowest BCUT2D eigenvalue weighted by Crippen LogP contribution is -2.48. The Hall–Kier alpha value is -6.42. The number of aromatic nitrogens is 4. The van der Waals surface area contributed by atoms with Crippen molar-refractivity contribution in [2.24, 2.45) is 0 Å². The Balaban J connectivity index is 1.11. The van der Waals surface area contributed by atoms with Crippen LogP contribution in [0.25, 0.3) is 33.6 Å². The summed E-state index contributed by atoms with van der Waals surface area (Å²) in [7, 11) is 2.54. The molecular formula is C48H60N8O8. The van der Waals surface area contributed by atoms with Gasteiger partial charge in [-0.3, -0.25) is 9.59 Å². The number of benzene rings is 2. The predicted octanol–water partition coefficient (Wildman–Crippen LogP) is 7.79. The number of ether oxygens (including phenoxy) is 4. The number of rotatable bonds is 11. The number of nitrogens with one attached hydrogen (secondary N) is 4. The molecule has 16 nitrogen and oxygen atoms in total. The number of aromatic amines is 2. The molecule has 4 N–H and O–H groups in total. The number of carbonyl (C=O) groups is 4. The summed E-state index contributed by atoms with van der Waals surface area (Å²) < 4.78 is 22.4. The second kappa shape index (κ2) is 21.8. The van der Waals surface area contributed by atoms with E-state index in [1.807, 2.05) is 18.2 Å². The highest BCUT2D eigenvalue weighted by atomic mass is 16.5. The third-order valence-electron chi connectivity index (χ3n) is 12.2. The van der Waals surface area contributed by atoms with E-state index in [9.17, 15) is 19.2 Å². The number of carbonyl (C=O) groups excluding carboxylic acids is 4. The number of H-pyrrole nitrogens is 2. The minimum atomic E-state index is -0.846. The van der Waals surface area contributed by atoms with Gasteiger partial charge in [-0.1, -0.05) is 68.2 Å². The number of fused-ring (bicyclic) bond motifs is 7. The van der Waals surface area contributed by atoms with E-state index in [2.05, 4.69) is 58.0 Å². The standard InChI is InChI=1S/C48H60N8O8/c1-5-14-36(53-47(59)61-3)45(57)55-23-13-16-40(55)43-49-28-38(51-43)32-19-17-31(18-20-32)33-21-22-35-39-29-50-44(52-39)41-27-34(30-56(41)46(58)37(15-6-2)54-48(60)62-4)63-24-11-9-7-8-10-12-25-64-42(35)26-33/h5-6,17-22,26,28-29,34,36-37,40-41H,1-2,7-16,23-25,27,30H2,3-4H3,(H,49,51)(H,50,52)(H,53,59)(H,54,60)/t34-,36+,37+,40-,41-/m0/s1. The van der Waals surface area contributed by atoms with Crippen LogP contribution in [0.3, 0.4) is 0 Å². The summed E-state index contributed by atoms with van der Waals surface area (Å²) in [6.45, 7) is 9.65. The van der Waals surface area contributed by atoms with Gasteiger partial charge in [0.25, 0.3) is 0 Å². The molecule has 5 heterocycles. The smallest absolute Gasteiger partial charge is 0.407 e. The van der Waals surface area contributed by atoms with Gasteiger partial charge in [0.15, 0.2) is 0 Å². The summed E-state index contributed by atoms with van der Waals surface area (Å²) in [4.78, 5) is 71.8. The molecule has 2 aromatic carbocycles. The van der Waals surface area contributed by atoms with E-state index in [4.69, 9.17) is 28.9 Å². The Morgan fingerprint density at radius 2 is 1.33 bits per heavy atom. The number of alkyl carbamates (subject to hydrolysis) is 2. The molecule has 2 aromatic heterocycles. The van der Waals surface area contributed by atoms with Gasteiger partial charge in [-0.2, -0.15) is 0 Å². The predicted molar refractivity (Wildman–Crippen MR) is 241 cm³/mol. The van der Waals surface area contributed by atoms with Gasteiger partial charge in [-0.05, 0) is 67.3 Å². The summed E-state index contributed by atoms with van der Waals surface area (Å²) in [6.07, 6.45) is 14.1. The molecule has 3 aliphatic rings. The van der Waals surface area contributed by atoms with Gasteiger partial charge < -0.3 is 49.3 Å². The van der Waals surface area contributed by atoms with Crippen LogP contribution in [-0.4, -0.2) is 112 Å². The SMILES string of the molecule is C=CC[C@@H](NC(=O)OC)C(=O)N1CCC[C@H]1c1ncc(-c2ccc(-c3ccc4c(c3)OCCCCCCCCO[C@H]3C[C@@H](c5ncc-4[nH]5)N(C(=O)[C@@H](CC=C)NC(=O)OC)C3)cc2)[nH]1. The molecule has 4 aromatic rings. The number of methoxy groups -OCH3 is 2. The number of hydrogen-bond donors (Lipinski definition) is 4. The zero-order valence-corrected chi connectivity index (χ0v) is 36.8. The third-order valence-corrected chi connectivity index (χ3v) is 12.2. The zero-order chi connectivity index (χ0) is 45.0. The van der Waals surface area contributed by atoms with Gasteiger partial charge >= 0.3 is 12.2 Å². The molecule has 0 radical (unpaired) electrons. The first-order valence-corrected chi connectivity index (χ1v) is 22.3. The van der Waals surface area contributed by atoms with Gasteiger partial charge in [-0.15, -0.1) is 13.2 Å². The Morgan fingerprint density at radius 1 is 0.750 bits per heavy atom. The highest BCUT2D eigenvalue weighted by Crippen LogP contribution is 2.39. The monoisotopic (exact) mass is 876 g/mol. The summed E-state index contributed by atoms with van der Waals surface area (Å²) in [5.74, 6) is 1.58. The van der Waals surface area contributed by atoms with E-state index in [1.54, 1.807) is 34.3 Å². The fourth-order valence-corrected chi connectivity index (χ4v) is 8.84. The second-order valence-electron chi connectivity index (χ2n) is 16.5. The van der Waals surface area contributed by atoms with Crippen LogP contribution in [-0.2, 0) is 23.8 Å². The maximum absolute atomic E-state index is 14.0. The lowest BCUT2D eigenvalue weighted by molar-refractivity contribution is -0.135. The molecule has 2 fully saturated rings. The Bertz CT molecular complexity index is 2250. The van der Waals surface area contributed by atoms with Gasteiger partial charge in [0.2, 0.25) is 11.8 Å². The van der Waals surface area contributed by atoms with Crippen molar-refractivity contribution in [3.05, 3.63) is 91.8 Å². The number of nitrogens with zero attached hydrogens (tertiary/aromatic N) is 4. The molecule has 64 heavy (non-hydrogen) atoms. The van der Waals surface area contributed by atoms with Crippen LogP contribution in [0.4, 0.5) is 9.59 Å². The topological polar surface area (TPSA) is 193 Å². The molecule has 4 amide bonds. The van der Waals surface area contributed by atoms with E-state index in [-0.39, 0.29) is 36.8 Å². The van der Waals surface area contributed by atoms with E-state index in [0.717, 1.165) is 90.8 Å². The summed E-state index contributed by atoms with van der Waals surface area (Å²) in [5, 5.41) is 5.31. The normalized spacial score (nSPS) is 20.1. The fourth-order valence-electron chi connectivity index (χ4n) is 8.84. The van der Waals surface area contributed by atoms with Crippen molar-refractivity contribution >= 4 is 24.0 Å². The van der Waals surface area contributed by atoms with Crippen molar-refractivity contribution in [1.29, 1.82) is 0 Å². The lowest BCUT2D eigenvalue weighted by Gasteiger charge is -2.27. The van der Waals surface area contributed by atoms with Crippen molar-refractivity contribution in [3.63, 3.8) is 0 Å². The zero-order valence-electron chi connectivity index (χ0n) is 36.8. The molecule has 0 aliphatic carbocycles. The first-order chi connectivity index (χ1) is 31.2. The van der Waals surface area contributed by atoms with E-state index < -0.39 is 30.3 Å². The third kappa shape index (κ3) is 10.8. The summed E-state index contributed by atoms with van der Waals surface area (Å²) in [6, 6.07) is 12.1. The van der Waals surface area contributed by atoms with Crippen LogP contribution < -0.4 is 15.4 Å². The second-order valence-corrected chi connectivity index (χ2v) is 16.5. The van der Waals surface area contributed by atoms with Crippen molar-refractivity contribution in [2.45, 2.75) is 101 Å². The molecule has 0 spiro atoms. The molecule has 0 saturated carbocycles. The minimum absolute atomic E-state index is 0.184. The van der Waals surface area contributed by atoms with Crippen LogP contribution in [0.5, 0.6) is 5.75 Å². The van der Waals surface area contributed by atoms with Gasteiger partial charge in [0.1, 0.15) is 29.5 Å². The van der Waals surface area contributed by atoms with Gasteiger partial charge in [-0.25, -0.2) is 19.6 Å². The molecule has 4 bridgehead atoms.